The van der Waals surface area contributed by atoms with Crippen molar-refractivity contribution in [3.05, 3.63) is 29.8 Å². The van der Waals surface area contributed by atoms with E-state index < -0.39 is 11.5 Å². The zero-order valence-electron chi connectivity index (χ0n) is 15.7. The predicted octanol–water partition coefficient (Wildman–Crippen LogP) is 3.71. The highest BCUT2D eigenvalue weighted by atomic mass is 35.5. The Hall–Kier alpha value is -1.99. The van der Waals surface area contributed by atoms with Crippen LogP contribution in [0.1, 0.15) is 32.3 Å². The van der Waals surface area contributed by atoms with E-state index in [1.54, 1.807) is 18.7 Å². The third kappa shape index (κ3) is 4.30. The molecule has 1 fully saturated rings. The van der Waals surface area contributed by atoms with Crippen molar-refractivity contribution in [1.82, 2.24) is 15.1 Å². The molecule has 0 spiro atoms. The van der Waals surface area contributed by atoms with E-state index in [0.717, 1.165) is 22.6 Å². The third-order valence-corrected chi connectivity index (χ3v) is 6.21. The molecule has 1 aliphatic heterocycles. The number of nitrogens with zero attached hydrogens (tertiary/aromatic N) is 3. The number of aromatic nitrogens is 2. The average molecular weight is 407 g/mol. The van der Waals surface area contributed by atoms with Gasteiger partial charge in [-0.2, -0.15) is 0 Å². The number of hydrogen-bond donors (Lipinski definition) is 1. The van der Waals surface area contributed by atoms with Crippen LogP contribution in [0.25, 0.3) is 10.6 Å². The molecule has 0 bridgehead atoms. The molecular formula is C19H23ClN4O2S. The maximum Gasteiger partial charge on any atom is 0.249 e. The first-order valence-corrected chi connectivity index (χ1v) is 10.3. The van der Waals surface area contributed by atoms with Gasteiger partial charge in [0.25, 0.3) is 0 Å². The monoisotopic (exact) mass is 406 g/mol. The van der Waals surface area contributed by atoms with Gasteiger partial charge in [0, 0.05) is 18.0 Å². The number of hydrogen-bond acceptors (Lipinski definition) is 5. The molecule has 144 valence electrons. The Morgan fingerprint density at radius 3 is 2.85 bits per heavy atom. The van der Waals surface area contributed by atoms with Crippen molar-refractivity contribution in [3.8, 4) is 10.6 Å². The fraction of sp³-hybridized carbons (Fsp3) is 0.474. The maximum absolute atomic E-state index is 12.7. The highest BCUT2D eigenvalue weighted by molar-refractivity contribution is 7.18. The van der Waals surface area contributed by atoms with Crippen molar-refractivity contribution in [1.29, 1.82) is 0 Å². The molecule has 2 heterocycles. The molecule has 0 radical (unpaired) electrons. The van der Waals surface area contributed by atoms with E-state index in [-0.39, 0.29) is 17.7 Å². The number of carbonyl (C=O) groups excluding carboxylic acids is 2. The van der Waals surface area contributed by atoms with Crippen LogP contribution in [0.3, 0.4) is 0 Å². The fourth-order valence-corrected chi connectivity index (χ4v) is 3.94. The van der Waals surface area contributed by atoms with E-state index in [2.05, 4.69) is 15.5 Å². The van der Waals surface area contributed by atoms with E-state index in [9.17, 15) is 9.59 Å². The first kappa shape index (κ1) is 19.8. The van der Waals surface area contributed by atoms with Crippen molar-refractivity contribution in [3.63, 3.8) is 0 Å². The van der Waals surface area contributed by atoms with E-state index >= 15 is 0 Å². The number of likely N-dealkylation sites (tertiary alicyclic amines) is 1. The second kappa shape index (κ2) is 7.94. The Bertz CT molecular complexity index is 852. The summed E-state index contributed by atoms with van der Waals surface area (Å²) in [6.07, 6.45) is 1.44. The number of amides is 2. The molecule has 8 heteroatoms. The molecule has 6 nitrogen and oxygen atoms in total. The van der Waals surface area contributed by atoms with Crippen molar-refractivity contribution in [2.45, 2.75) is 39.7 Å². The quantitative estimate of drug-likeness (QED) is 0.768. The minimum Gasteiger partial charge on any atom is -0.330 e. The number of halogens is 1. The predicted molar refractivity (Wildman–Crippen MR) is 108 cm³/mol. The third-order valence-electron chi connectivity index (χ3n) is 4.65. The van der Waals surface area contributed by atoms with E-state index in [4.69, 9.17) is 11.6 Å². The number of alkyl halides is 1. The standard InChI is InChI=1S/C19H23ClN4O2S/c1-12-6-4-7-13(10-12)16-22-23-18(27-16)21-15(25)14-8-5-9-24(14)17(26)19(2,3)11-20/h4,6-7,10,14H,5,8-9,11H2,1-3H3,(H,21,23,25). The summed E-state index contributed by atoms with van der Waals surface area (Å²) in [4.78, 5) is 27.1. The summed E-state index contributed by atoms with van der Waals surface area (Å²) in [6.45, 7) is 6.19. The summed E-state index contributed by atoms with van der Waals surface area (Å²) in [5, 5.41) is 12.3. The summed E-state index contributed by atoms with van der Waals surface area (Å²) in [6, 6.07) is 7.47. The van der Waals surface area contributed by atoms with E-state index in [1.165, 1.54) is 11.3 Å². The topological polar surface area (TPSA) is 75.2 Å². The lowest BCUT2D eigenvalue weighted by Crippen LogP contribution is -2.48. The van der Waals surface area contributed by atoms with Crippen LogP contribution in [0, 0.1) is 12.3 Å². The molecule has 1 aliphatic rings. The number of anilines is 1. The Morgan fingerprint density at radius 1 is 1.37 bits per heavy atom. The Labute approximate surface area is 167 Å². The molecular weight excluding hydrogens is 384 g/mol. The molecule has 1 aromatic heterocycles. The number of aryl methyl sites for hydroxylation is 1. The minimum absolute atomic E-state index is 0.0899. The largest absolute Gasteiger partial charge is 0.330 e. The van der Waals surface area contributed by atoms with Gasteiger partial charge in [-0.1, -0.05) is 35.1 Å². The van der Waals surface area contributed by atoms with Crippen LogP contribution in [0.2, 0.25) is 0 Å². The van der Waals surface area contributed by atoms with Crippen molar-refractivity contribution >= 4 is 39.9 Å². The van der Waals surface area contributed by atoms with Gasteiger partial charge in [0.2, 0.25) is 16.9 Å². The van der Waals surface area contributed by atoms with Crippen LogP contribution < -0.4 is 5.32 Å². The number of nitrogens with one attached hydrogen (secondary N) is 1. The summed E-state index contributed by atoms with van der Waals surface area (Å²) < 4.78 is 0. The number of rotatable bonds is 5. The smallest absolute Gasteiger partial charge is 0.249 e. The van der Waals surface area contributed by atoms with Gasteiger partial charge in [0.1, 0.15) is 11.0 Å². The van der Waals surface area contributed by atoms with Crippen LogP contribution >= 0.6 is 22.9 Å². The van der Waals surface area contributed by atoms with Gasteiger partial charge in [-0.3, -0.25) is 14.9 Å². The molecule has 1 aromatic carbocycles. The normalized spacial score (nSPS) is 17.2. The van der Waals surface area contributed by atoms with Crippen LogP contribution in [-0.2, 0) is 9.59 Å². The van der Waals surface area contributed by atoms with Gasteiger partial charge in [-0.25, -0.2) is 0 Å². The van der Waals surface area contributed by atoms with Crippen LogP contribution in [0.15, 0.2) is 24.3 Å². The van der Waals surface area contributed by atoms with Gasteiger partial charge in [0.05, 0.1) is 5.41 Å². The lowest BCUT2D eigenvalue weighted by molar-refractivity contribution is -0.143. The van der Waals surface area contributed by atoms with Crippen molar-refractivity contribution in [2.75, 3.05) is 17.7 Å². The SMILES string of the molecule is Cc1cccc(-c2nnc(NC(=O)C3CCCN3C(=O)C(C)(C)CCl)s2)c1. The van der Waals surface area contributed by atoms with Gasteiger partial charge in [0.15, 0.2) is 0 Å². The Morgan fingerprint density at radius 2 is 2.15 bits per heavy atom. The first-order valence-electron chi connectivity index (χ1n) is 8.90. The summed E-state index contributed by atoms with van der Waals surface area (Å²) in [5.74, 6) is -0.0987. The van der Waals surface area contributed by atoms with Gasteiger partial charge >= 0.3 is 0 Å². The molecule has 0 saturated carbocycles. The van der Waals surface area contributed by atoms with Gasteiger partial charge < -0.3 is 4.90 Å². The number of benzene rings is 1. The second-order valence-electron chi connectivity index (χ2n) is 7.45. The van der Waals surface area contributed by atoms with E-state index in [0.29, 0.717) is 18.1 Å². The second-order valence-corrected chi connectivity index (χ2v) is 8.69. The molecule has 27 heavy (non-hydrogen) atoms. The average Bonchev–Trinajstić information content (AvgIpc) is 3.30. The number of carbonyl (C=O) groups is 2. The highest BCUT2D eigenvalue weighted by Crippen LogP contribution is 2.30. The Kier molecular flexibility index (Phi) is 5.81. The zero-order chi connectivity index (χ0) is 19.6. The summed E-state index contributed by atoms with van der Waals surface area (Å²) >= 11 is 7.25. The molecule has 0 aliphatic carbocycles. The lowest BCUT2D eigenvalue weighted by Gasteiger charge is -2.31. The van der Waals surface area contributed by atoms with Crippen LogP contribution in [-0.4, -0.2) is 45.4 Å². The highest BCUT2D eigenvalue weighted by Gasteiger charge is 2.40. The molecule has 2 amide bonds. The van der Waals surface area contributed by atoms with Gasteiger partial charge in [-0.15, -0.1) is 21.8 Å². The summed E-state index contributed by atoms with van der Waals surface area (Å²) in [5.41, 5.74) is 1.41. The van der Waals surface area contributed by atoms with Crippen LogP contribution in [0.4, 0.5) is 5.13 Å². The maximum atomic E-state index is 12.7. The molecule has 1 saturated heterocycles. The van der Waals surface area contributed by atoms with Gasteiger partial charge in [-0.05, 0) is 39.7 Å². The molecule has 1 unspecified atom stereocenters. The molecule has 3 rings (SSSR count). The molecule has 1 atom stereocenters. The first-order chi connectivity index (χ1) is 12.8. The Balaban J connectivity index is 1.71. The lowest BCUT2D eigenvalue weighted by atomic mass is 9.94. The molecule has 2 aromatic rings. The van der Waals surface area contributed by atoms with E-state index in [1.807, 2.05) is 31.2 Å². The zero-order valence-corrected chi connectivity index (χ0v) is 17.2. The molecule has 1 N–H and O–H groups in total. The minimum atomic E-state index is -0.689. The van der Waals surface area contributed by atoms with Crippen molar-refractivity contribution < 1.29 is 9.59 Å². The fourth-order valence-electron chi connectivity index (χ4n) is 3.09. The summed E-state index contributed by atoms with van der Waals surface area (Å²) in [7, 11) is 0. The van der Waals surface area contributed by atoms with Crippen molar-refractivity contribution in [2.24, 2.45) is 5.41 Å². The van der Waals surface area contributed by atoms with Crippen LogP contribution in [0.5, 0.6) is 0 Å².